The molecular formula is C19H29N3O3. The van der Waals surface area contributed by atoms with E-state index in [1.165, 1.54) is 0 Å². The molecule has 2 aliphatic rings. The summed E-state index contributed by atoms with van der Waals surface area (Å²) < 4.78 is 1.84. The van der Waals surface area contributed by atoms with Crippen molar-refractivity contribution in [3.05, 3.63) is 17.0 Å². The van der Waals surface area contributed by atoms with Crippen molar-refractivity contribution in [3.8, 4) is 0 Å². The fourth-order valence-corrected chi connectivity index (χ4v) is 4.76. The van der Waals surface area contributed by atoms with Gasteiger partial charge in [-0.05, 0) is 51.0 Å². The number of amides is 1. The Morgan fingerprint density at radius 2 is 1.96 bits per heavy atom. The molecule has 1 saturated carbocycles. The summed E-state index contributed by atoms with van der Waals surface area (Å²) in [5, 5.41) is 14.1. The highest BCUT2D eigenvalue weighted by Gasteiger charge is 2.48. The summed E-state index contributed by atoms with van der Waals surface area (Å²) >= 11 is 0. The number of likely N-dealkylation sites (tertiary alicyclic amines) is 1. The molecule has 4 atom stereocenters. The van der Waals surface area contributed by atoms with Crippen molar-refractivity contribution >= 4 is 11.9 Å². The summed E-state index contributed by atoms with van der Waals surface area (Å²) in [4.78, 5) is 26.6. The maximum Gasteiger partial charge on any atom is 0.326 e. The van der Waals surface area contributed by atoms with Crippen molar-refractivity contribution in [1.82, 2.24) is 14.7 Å². The Balaban J connectivity index is 1.80. The van der Waals surface area contributed by atoms with E-state index in [1.54, 1.807) is 4.90 Å². The molecule has 3 rings (SSSR count). The molecule has 0 unspecified atom stereocenters. The Morgan fingerprint density at radius 3 is 2.56 bits per heavy atom. The molecule has 1 aliphatic heterocycles. The number of carboxylic acids is 1. The van der Waals surface area contributed by atoms with Crippen LogP contribution in [0, 0.1) is 25.7 Å². The van der Waals surface area contributed by atoms with Crippen LogP contribution in [0.2, 0.25) is 0 Å². The monoisotopic (exact) mass is 347 g/mol. The van der Waals surface area contributed by atoms with Crippen LogP contribution in [0.5, 0.6) is 0 Å². The van der Waals surface area contributed by atoms with Gasteiger partial charge in [0.05, 0.1) is 5.69 Å². The van der Waals surface area contributed by atoms with E-state index >= 15 is 0 Å². The Labute approximate surface area is 149 Å². The summed E-state index contributed by atoms with van der Waals surface area (Å²) in [6.07, 6.45) is 5.46. The number of aliphatic carboxylic acids is 1. The van der Waals surface area contributed by atoms with Gasteiger partial charge in [-0.3, -0.25) is 9.48 Å². The van der Waals surface area contributed by atoms with Crippen molar-refractivity contribution in [3.63, 3.8) is 0 Å². The lowest BCUT2D eigenvalue weighted by atomic mass is 9.84. The fraction of sp³-hybridized carbons (Fsp3) is 0.737. The Hall–Kier alpha value is -1.85. The molecule has 138 valence electrons. The molecule has 2 fully saturated rings. The lowest BCUT2D eigenvalue weighted by Crippen LogP contribution is -2.48. The SMILES string of the molecule is Cc1nn(C)c(C)c1C[C@H](C)C(=O)N1[C@H](C(=O)O)C[C@H]2CCCC[C@@H]21. The number of carbonyl (C=O) groups excluding carboxylic acids is 1. The third-order valence-corrected chi connectivity index (χ3v) is 6.22. The number of nitrogens with zero attached hydrogens (tertiary/aromatic N) is 3. The predicted octanol–water partition coefficient (Wildman–Crippen LogP) is 2.46. The van der Waals surface area contributed by atoms with E-state index in [1.807, 2.05) is 32.5 Å². The van der Waals surface area contributed by atoms with Crippen molar-refractivity contribution in [2.75, 3.05) is 0 Å². The van der Waals surface area contributed by atoms with Gasteiger partial charge in [-0.2, -0.15) is 5.10 Å². The summed E-state index contributed by atoms with van der Waals surface area (Å²) in [5.74, 6) is -0.745. The van der Waals surface area contributed by atoms with Crippen LogP contribution in [0.4, 0.5) is 0 Å². The molecule has 1 aromatic heterocycles. The van der Waals surface area contributed by atoms with E-state index in [-0.39, 0.29) is 17.9 Å². The number of hydrogen-bond acceptors (Lipinski definition) is 3. The molecule has 6 heteroatoms. The average Bonchev–Trinajstić information content (AvgIpc) is 3.07. The summed E-state index contributed by atoms with van der Waals surface area (Å²) in [7, 11) is 1.91. The van der Waals surface area contributed by atoms with E-state index in [0.29, 0.717) is 18.8 Å². The van der Waals surface area contributed by atoms with Gasteiger partial charge in [-0.1, -0.05) is 19.8 Å². The lowest BCUT2D eigenvalue weighted by molar-refractivity contribution is -0.151. The van der Waals surface area contributed by atoms with Crippen LogP contribution in [0.3, 0.4) is 0 Å². The zero-order valence-electron chi connectivity index (χ0n) is 15.7. The van der Waals surface area contributed by atoms with Gasteiger partial charge in [0.15, 0.2) is 0 Å². The van der Waals surface area contributed by atoms with E-state index in [9.17, 15) is 14.7 Å². The normalized spacial score (nSPS) is 27.2. The number of aryl methyl sites for hydroxylation is 2. The first-order valence-corrected chi connectivity index (χ1v) is 9.35. The van der Waals surface area contributed by atoms with Crippen molar-refractivity contribution in [2.45, 2.75) is 71.4 Å². The zero-order valence-corrected chi connectivity index (χ0v) is 15.7. The second-order valence-electron chi connectivity index (χ2n) is 7.83. The van der Waals surface area contributed by atoms with Crippen LogP contribution < -0.4 is 0 Å². The minimum atomic E-state index is -0.858. The highest BCUT2D eigenvalue weighted by molar-refractivity contribution is 5.86. The number of carboxylic acid groups (broad SMARTS) is 1. The number of carbonyl (C=O) groups is 2. The highest BCUT2D eigenvalue weighted by atomic mass is 16.4. The second-order valence-corrected chi connectivity index (χ2v) is 7.83. The lowest BCUT2D eigenvalue weighted by Gasteiger charge is -2.34. The van der Waals surface area contributed by atoms with Gasteiger partial charge < -0.3 is 10.0 Å². The van der Waals surface area contributed by atoms with Crippen LogP contribution in [-0.2, 0) is 23.1 Å². The smallest absolute Gasteiger partial charge is 0.326 e. The van der Waals surface area contributed by atoms with Crippen LogP contribution in [0.1, 0.15) is 56.0 Å². The van der Waals surface area contributed by atoms with E-state index < -0.39 is 12.0 Å². The molecule has 1 amide bonds. The van der Waals surface area contributed by atoms with Gasteiger partial charge in [0.1, 0.15) is 6.04 Å². The van der Waals surface area contributed by atoms with Gasteiger partial charge in [-0.15, -0.1) is 0 Å². The van der Waals surface area contributed by atoms with Gasteiger partial charge in [0, 0.05) is 24.7 Å². The minimum Gasteiger partial charge on any atom is -0.480 e. The van der Waals surface area contributed by atoms with Gasteiger partial charge in [0.2, 0.25) is 5.91 Å². The van der Waals surface area contributed by atoms with Gasteiger partial charge >= 0.3 is 5.97 Å². The molecule has 6 nitrogen and oxygen atoms in total. The standard InChI is InChI=1S/C19H29N3O3/c1-11(9-15-12(2)20-21(4)13(15)3)18(23)22-16-8-6-5-7-14(16)10-17(22)19(24)25/h11,14,16-17H,5-10H2,1-4H3,(H,24,25)/t11-,14+,16-,17-/m0/s1. The predicted molar refractivity (Wildman–Crippen MR) is 94.2 cm³/mol. The Bertz CT molecular complexity index is 682. The molecule has 1 aliphatic carbocycles. The molecule has 1 saturated heterocycles. The number of aromatic nitrogens is 2. The number of hydrogen-bond donors (Lipinski definition) is 1. The molecule has 1 N–H and O–H groups in total. The second kappa shape index (κ2) is 6.81. The first kappa shape index (κ1) is 18.0. The van der Waals surface area contributed by atoms with Gasteiger partial charge in [0.25, 0.3) is 0 Å². The Morgan fingerprint density at radius 1 is 1.28 bits per heavy atom. The van der Waals surface area contributed by atoms with Crippen LogP contribution >= 0.6 is 0 Å². The van der Waals surface area contributed by atoms with E-state index in [2.05, 4.69) is 5.10 Å². The summed E-state index contributed by atoms with van der Waals surface area (Å²) in [5.41, 5.74) is 3.13. The first-order chi connectivity index (χ1) is 11.8. The van der Waals surface area contributed by atoms with Crippen LogP contribution in [0.15, 0.2) is 0 Å². The van der Waals surface area contributed by atoms with Crippen molar-refractivity contribution in [1.29, 1.82) is 0 Å². The summed E-state index contributed by atoms with van der Waals surface area (Å²) in [6.45, 7) is 5.90. The minimum absolute atomic E-state index is 0.00977. The third kappa shape index (κ3) is 3.18. The summed E-state index contributed by atoms with van der Waals surface area (Å²) in [6, 6.07) is -0.542. The molecule has 0 spiro atoms. The molecular weight excluding hydrogens is 318 g/mol. The van der Waals surface area contributed by atoms with Gasteiger partial charge in [-0.25, -0.2) is 4.79 Å². The van der Waals surface area contributed by atoms with E-state index in [4.69, 9.17) is 0 Å². The maximum atomic E-state index is 13.2. The van der Waals surface area contributed by atoms with Crippen LogP contribution in [-0.4, -0.2) is 43.7 Å². The number of rotatable bonds is 4. The highest BCUT2D eigenvalue weighted by Crippen LogP contribution is 2.40. The molecule has 0 aromatic carbocycles. The van der Waals surface area contributed by atoms with Crippen LogP contribution in [0.25, 0.3) is 0 Å². The van der Waals surface area contributed by atoms with Crippen molar-refractivity contribution < 1.29 is 14.7 Å². The average molecular weight is 347 g/mol. The van der Waals surface area contributed by atoms with E-state index in [0.717, 1.165) is 42.6 Å². The molecule has 25 heavy (non-hydrogen) atoms. The largest absolute Gasteiger partial charge is 0.480 e. The topological polar surface area (TPSA) is 75.4 Å². The fourth-order valence-electron chi connectivity index (χ4n) is 4.76. The molecule has 0 bridgehead atoms. The molecule has 0 radical (unpaired) electrons. The molecule has 2 heterocycles. The Kier molecular flexibility index (Phi) is 4.89. The quantitative estimate of drug-likeness (QED) is 0.908. The molecule has 1 aromatic rings. The van der Waals surface area contributed by atoms with Crippen molar-refractivity contribution in [2.24, 2.45) is 18.9 Å². The third-order valence-electron chi connectivity index (χ3n) is 6.22. The number of fused-ring (bicyclic) bond motifs is 1. The zero-order chi connectivity index (χ0) is 18.3. The maximum absolute atomic E-state index is 13.2. The first-order valence-electron chi connectivity index (χ1n) is 9.35.